The van der Waals surface area contributed by atoms with Crippen molar-refractivity contribution in [2.45, 2.75) is 110 Å². The minimum atomic E-state index is -5.15. The number of unbranched alkanes of at least 4 members (excludes halogenated alkanes) is 14. The molecule has 3 N–H and O–H groups in total. The number of carbonyl (C=O) groups is 1. The molecule has 0 aliphatic heterocycles. The van der Waals surface area contributed by atoms with Crippen molar-refractivity contribution in [1.82, 2.24) is 0 Å². The molecule has 156 valence electrons. The number of rotatable bonds is 17. The SMILES string of the molecule is C=C.CCCCCCCCCCCCCCCCCC(=O)[O][Ti]([OH])([OH])[OH]. The predicted molar refractivity (Wildman–Crippen MR) is 104 cm³/mol. The second-order valence-corrected chi connectivity index (χ2v) is 8.86. The third-order valence-electron chi connectivity index (χ3n) is 4.24. The summed E-state index contributed by atoms with van der Waals surface area (Å²) in [4.78, 5) is 11.1. The Morgan fingerprint density at radius 3 is 1.31 bits per heavy atom. The van der Waals surface area contributed by atoms with Gasteiger partial charge in [-0.2, -0.15) is 0 Å². The molecule has 0 aromatic rings. The van der Waals surface area contributed by atoms with Crippen LogP contribution in [0.4, 0.5) is 0 Å². The molecule has 0 rings (SSSR count). The van der Waals surface area contributed by atoms with Crippen LogP contribution in [-0.4, -0.2) is 17.0 Å². The molecule has 0 aromatic carbocycles. The zero-order chi connectivity index (χ0) is 20.1. The van der Waals surface area contributed by atoms with Crippen molar-refractivity contribution in [3.8, 4) is 0 Å². The normalized spacial score (nSPS) is 10.9. The van der Waals surface area contributed by atoms with Crippen LogP contribution in [-0.2, 0) is 26.3 Å². The first-order valence-electron chi connectivity index (χ1n) is 10.3. The number of hydrogen-bond acceptors (Lipinski definition) is 5. The Hall–Kier alpha value is -0.196. The van der Waals surface area contributed by atoms with Gasteiger partial charge < -0.3 is 0 Å². The summed E-state index contributed by atoms with van der Waals surface area (Å²) >= 11 is -5.15. The van der Waals surface area contributed by atoms with E-state index >= 15 is 0 Å². The van der Waals surface area contributed by atoms with Crippen molar-refractivity contribution in [2.24, 2.45) is 0 Å². The van der Waals surface area contributed by atoms with Crippen molar-refractivity contribution in [3.05, 3.63) is 13.2 Å². The van der Waals surface area contributed by atoms with Gasteiger partial charge in [-0.3, -0.25) is 0 Å². The molecule has 0 saturated heterocycles. The van der Waals surface area contributed by atoms with Gasteiger partial charge in [-0.05, 0) is 0 Å². The van der Waals surface area contributed by atoms with E-state index in [1.807, 2.05) is 0 Å². The second-order valence-electron chi connectivity index (χ2n) is 6.75. The van der Waals surface area contributed by atoms with E-state index in [4.69, 9.17) is 11.1 Å². The summed E-state index contributed by atoms with van der Waals surface area (Å²) in [6.45, 7) is 8.25. The van der Waals surface area contributed by atoms with Crippen molar-refractivity contribution in [3.63, 3.8) is 0 Å². The number of carbonyl (C=O) groups excluding carboxylic acids is 1. The molecule has 0 saturated carbocycles. The van der Waals surface area contributed by atoms with E-state index in [9.17, 15) is 4.79 Å². The molecule has 0 fully saturated rings. The molecule has 0 heterocycles. The fourth-order valence-electron chi connectivity index (χ4n) is 2.84. The van der Waals surface area contributed by atoms with Gasteiger partial charge in [0.2, 0.25) is 0 Å². The summed E-state index contributed by atoms with van der Waals surface area (Å²) in [7, 11) is 0. The van der Waals surface area contributed by atoms with Gasteiger partial charge in [0, 0.05) is 0 Å². The van der Waals surface area contributed by atoms with Crippen LogP contribution in [0.25, 0.3) is 0 Å². The van der Waals surface area contributed by atoms with Crippen molar-refractivity contribution < 1.29 is 37.3 Å². The van der Waals surface area contributed by atoms with Gasteiger partial charge in [0.05, 0.1) is 0 Å². The van der Waals surface area contributed by atoms with E-state index in [1.54, 1.807) is 0 Å². The minimum absolute atomic E-state index is 0.146. The van der Waals surface area contributed by atoms with Crippen LogP contribution in [0.1, 0.15) is 110 Å². The van der Waals surface area contributed by atoms with Gasteiger partial charge >= 0.3 is 107 Å². The van der Waals surface area contributed by atoms with E-state index in [0.29, 0.717) is 6.42 Å². The summed E-state index contributed by atoms with van der Waals surface area (Å²) in [5, 5.41) is 0. The van der Waals surface area contributed by atoms with Crippen LogP contribution in [0, 0.1) is 0 Å². The molecular weight excluding hydrogens is 368 g/mol. The Labute approximate surface area is 166 Å². The Morgan fingerprint density at radius 2 is 1.00 bits per heavy atom. The van der Waals surface area contributed by atoms with Gasteiger partial charge in [0.25, 0.3) is 0 Å². The molecule has 5 nitrogen and oxygen atoms in total. The maximum atomic E-state index is 11.1. The molecule has 0 radical (unpaired) electrons. The van der Waals surface area contributed by atoms with E-state index in [0.717, 1.165) is 12.8 Å². The maximum absolute atomic E-state index is 11.1. The summed E-state index contributed by atoms with van der Waals surface area (Å²) in [5.41, 5.74) is 0. The number of hydrogen-bond donors (Lipinski definition) is 3. The average Bonchev–Trinajstić information content (AvgIpc) is 2.58. The molecule has 0 unspecified atom stereocenters. The molecular formula is C20H42O5Ti. The standard InChI is InChI=1S/C18H36O2.C2H4.3H2O.Ti/c1-2-3-4-5-6-7-8-9-10-11-12-13-14-15-16-17-18(19)20;1-2;;;;/h2-17H2,1H3,(H,19,20);1-2H2;3*1H2;/q;;;;;+4/p-4. The van der Waals surface area contributed by atoms with Crippen molar-refractivity contribution >= 4 is 5.97 Å². The molecule has 0 aliphatic carbocycles. The van der Waals surface area contributed by atoms with Crippen LogP contribution in [0.2, 0.25) is 0 Å². The topological polar surface area (TPSA) is 87.0 Å². The van der Waals surface area contributed by atoms with Crippen molar-refractivity contribution in [2.75, 3.05) is 0 Å². The molecule has 0 bridgehead atoms. The van der Waals surface area contributed by atoms with Gasteiger partial charge in [-0.25, -0.2) is 0 Å². The Kier molecular flexibility index (Phi) is 22.7. The molecule has 0 atom stereocenters. The van der Waals surface area contributed by atoms with Gasteiger partial charge in [0.1, 0.15) is 0 Å². The first-order valence-corrected chi connectivity index (χ1v) is 13.1. The third kappa shape index (κ3) is 26.0. The first-order chi connectivity index (χ1) is 12.5. The van der Waals surface area contributed by atoms with E-state index in [-0.39, 0.29) is 6.42 Å². The van der Waals surface area contributed by atoms with Gasteiger partial charge in [-0.15, -0.1) is 13.2 Å². The van der Waals surface area contributed by atoms with E-state index in [1.165, 1.54) is 77.0 Å². The summed E-state index contributed by atoms with van der Waals surface area (Å²) < 4.78 is 30.2. The predicted octanol–water partition coefficient (Wildman–Crippen LogP) is 5.38. The monoisotopic (exact) mass is 410 g/mol. The zero-order valence-corrected chi connectivity index (χ0v) is 18.4. The van der Waals surface area contributed by atoms with Crippen LogP contribution >= 0.6 is 0 Å². The third-order valence-corrected chi connectivity index (χ3v) is 5.02. The quantitative estimate of drug-likeness (QED) is 0.170. The van der Waals surface area contributed by atoms with Gasteiger partial charge in [0.15, 0.2) is 0 Å². The van der Waals surface area contributed by atoms with Gasteiger partial charge in [-0.1, -0.05) is 45.4 Å². The fraction of sp³-hybridized carbons (Fsp3) is 0.850. The molecule has 26 heavy (non-hydrogen) atoms. The Morgan fingerprint density at radius 1 is 0.692 bits per heavy atom. The summed E-state index contributed by atoms with van der Waals surface area (Å²) in [6, 6.07) is 0. The molecule has 6 heteroatoms. The molecule has 0 amide bonds. The first kappa shape index (κ1) is 28.0. The Balaban J connectivity index is 0. The van der Waals surface area contributed by atoms with Crippen molar-refractivity contribution in [1.29, 1.82) is 0 Å². The van der Waals surface area contributed by atoms with Crippen LogP contribution < -0.4 is 0 Å². The van der Waals surface area contributed by atoms with E-state index in [2.05, 4.69) is 23.4 Å². The van der Waals surface area contributed by atoms with Crippen LogP contribution in [0.5, 0.6) is 0 Å². The summed E-state index contributed by atoms with van der Waals surface area (Å²) in [6.07, 6.45) is 19.0. The summed E-state index contributed by atoms with van der Waals surface area (Å²) in [5.74, 6) is -0.711. The zero-order valence-electron chi connectivity index (χ0n) is 16.9. The molecule has 0 aromatic heterocycles. The average molecular weight is 410 g/mol. The fourth-order valence-corrected chi connectivity index (χ4v) is 3.48. The molecule has 0 aliphatic rings. The van der Waals surface area contributed by atoms with Crippen LogP contribution in [0.15, 0.2) is 13.2 Å². The van der Waals surface area contributed by atoms with Crippen LogP contribution in [0.3, 0.4) is 0 Å². The van der Waals surface area contributed by atoms with E-state index < -0.39 is 24.1 Å². The second kappa shape index (κ2) is 21.1. The Bertz CT molecular complexity index is 305. The molecule has 0 spiro atoms.